The zero-order valence-electron chi connectivity index (χ0n) is 8.69. The van der Waals surface area contributed by atoms with E-state index in [-0.39, 0.29) is 12.0 Å². The first-order valence-electron chi connectivity index (χ1n) is 5.18. The highest BCUT2D eigenvalue weighted by Crippen LogP contribution is 2.32. The van der Waals surface area contributed by atoms with Crippen LogP contribution in [0.2, 0.25) is 0 Å². The van der Waals surface area contributed by atoms with Gasteiger partial charge in [-0.3, -0.25) is 4.79 Å². The molecule has 1 fully saturated rings. The minimum atomic E-state index is -0.657. The highest BCUT2D eigenvalue weighted by Gasteiger charge is 2.28. The molecule has 0 aromatic carbocycles. The molecule has 15 heavy (non-hydrogen) atoms. The molecule has 1 aromatic heterocycles. The minimum Gasteiger partial charge on any atom is -0.481 e. The fourth-order valence-corrected chi connectivity index (χ4v) is 3.10. The maximum absolute atomic E-state index is 10.9. The summed E-state index contributed by atoms with van der Waals surface area (Å²) < 4.78 is 0. The van der Waals surface area contributed by atoms with Gasteiger partial charge in [-0.2, -0.15) is 0 Å². The van der Waals surface area contributed by atoms with Crippen molar-refractivity contribution >= 4 is 17.3 Å². The predicted octanol–water partition coefficient (Wildman–Crippen LogP) is 2.18. The number of carbonyl (C=O) groups is 1. The lowest BCUT2D eigenvalue weighted by Gasteiger charge is -2.27. The minimum absolute atomic E-state index is 0.183. The van der Waals surface area contributed by atoms with Crippen molar-refractivity contribution in [1.82, 2.24) is 5.32 Å². The smallest absolute Gasteiger partial charge is 0.306 e. The molecule has 2 heterocycles. The van der Waals surface area contributed by atoms with Crippen LogP contribution in [0.5, 0.6) is 0 Å². The Balaban J connectivity index is 2.11. The van der Waals surface area contributed by atoms with Gasteiger partial charge in [-0.15, -0.1) is 11.3 Å². The number of carboxylic acids is 1. The van der Waals surface area contributed by atoms with Crippen LogP contribution >= 0.6 is 11.3 Å². The summed E-state index contributed by atoms with van der Waals surface area (Å²) >= 11 is 1.71. The second-order valence-corrected chi connectivity index (χ2v) is 4.98. The molecule has 2 rings (SSSR count). The van der Waals surface area contributed by atoms with Gasteiger partial charge in [0.05, 0.1) is 5.92 Å². The van der Waals surface area contributed by atoms with Crippen LogP contribution in [0.25, 0.3) is 0 Å². The Bertz CT molecular complexity index is 361. The molecule has 0 amide bonds. The van der Waals surface area contributed by atoms with Gasteiger partial charge in [-0.25, -0.2) is 0 Å². The van der Waals surface area contributed by atoms with Crippen LogP contribution in [0.3, 0.4) is 0 Å². The van der Waals surface area contributed by atoms with E-state index in [0.29, 0.717) is 0 Å². The molecule has 0 radical (unpaired) electrons. The zero-order valence-corrected chi connectivity index (χ0v) is 9.51. The van der Waals surface area contributed by atoms with Crippen molar-refractivity contribution in [2.45, 2.75) is 25.8 Å². The molecule has 82 valence electrons. The van der Waals surface area contributed by atoms with Gasteiger partial charge in [0.25, 0.3) is 0 Å². The molecular weight excluding hydrogens is 210 g/mol. The third-order valence-corrected chi connectivity index (χ3v) is 4.10. The van der Waals surface area contributed by atoms with Crippen molar-refractivity contribution < 1.29 is 9.90 Å². The van der Waals surface area contributed by atoms with E-state index in [1.165, 1.54) is 10.4 Å². The Morgan fingerprint density at radius 2 is 2.47 bits per heavy atom. The second kappa shape index (κ2) is 4.33. The summed E-state index contributed by atoms with van der Waals surface area (Å²) in [6.07, 6.45) is 1.47. The first kappa shape index (κ1) is 10.6. The van der Waals surface area contributed by atoms with E-state index in [1.54, 1.807) is 11.3 Å². The molecule has 2 atom stereocenters. The topological polar surface area (TPSA) is 49.3 Å². The summed E-state index contributed by atoms with van der Waals surface area (Å²) in [5.41, 5.74) is 1.27. The molecule has 0 aliphatic carbocycles. The number of aryl methyl sites for hydroxylation is 1. The largest absolute Gasteiger partial charge is 0.481 e. The Kier molecular flexibility index (Phi) is 3.07. The van der Waals surface area contributed by atoms with Gasteiger partial charge < -0.3 is 10.4 Å². The number of rotatable bonds is 2. The predicted molar refractivity (Wildman–Crippen MR) is 60.2 cm³/mol. The lowest BCUT2D eigenvalue weighted by molar-refractivity contribution is -0.142. The maximum atomic E-state index is 10.9. The average Bonchev–Trinajstić information content (AvgIpc) is 2.64. The fourth-order valence-electron chi connectivity index (χ4n) is 2.08. The van der Waals surface area contributed by atoms with Gasteiger partial charge in [-0.1, -0.05) is 0 Å². The SMILES string of the molecule is Cc1ccsc1C1CC(C(=O)O)CCN1. The molecule has 1 saturated heterocycles. The number of hydrogen-bond donors (Lipinski definition) is 2. The molecule has 1 aromatic rings. The lowest BCUT2D eigenvalue weighted by Crippen LogP contribution is -2.34. The van der Waals surface area contributed by atoms with Crippen LogP contribution in [0.1, 0.15) is 29.3 Å². The molecule has 2 unspecified atom stereocenters. The van der Waals surface area contributed by atoms with E-state index < -0.39 is 5.97 Å². The average molecular weight is 225 g/mol. The van der Waals surface area contributed by atoms with Crippen molar-refractivity contribution in [2.75, 3.05) is 6.54 Å². The molecule has 0 bridgehead atoms. The number of piperidine rings is 1. The van der Waals surface area contributed by atoms with Gasteiger partial charge in [0, 0.05) is 10.9 Å². The third kappa shape index (κ3) is 2.21. The van der Waals surface area contributed by atoms with Crippen molar-refractivity contribution in [2.24, 2.45) is 5.92 Å². The highest BCUT2D eigenvalue weighted by atomic mass is 32.1. The van der Waals surface area contributed by atoms with Crippen molar-refractivity contribution in [3.63, 3.8) is 0 Å². The summed E-state index contributed by atoms with van der Waals surface area (Å²) in [7, 11) is 0. The number of thiophene rings is 1. The molecule has 0 spiro atoms. The normalized spacial score (nSPS) is 26.5. The van der Waals surface area contributed by atoms with E-state index in [2.05, 4.69) is 23.7 Å². The summed E-state index contributed by atoms with van der Waals surface area (Å²) in [6, 6.07) is 2.33. The van der Waals surface area contributed by atoms with Crippen LogP contribution < -0.4 is 5.32 Å². The molecule has 0 saturated carbocycles. The quantitative estimate of drug-likeness (QED) is 0.811. The molecule has 2 N–H and O–H groups in total. The Labute approximate surface area is 93.1 Å². The van der Waals surface area contributed by atoms with Gasteiger partial charge in [-0.05, 0) is 43.3 Å². The molecular formula is C11H15NO2S. The van der Waals surface area contributed by atoms with Crippen molar-refractivity contribution in [1.29, 1.82) is 0 Å². The lowest BCUT2D eigenvalue weighted by atomic mass is 9.91. The van der Waals surface area contributed by atoms with Crippen LogP contribution in [-0.4, -0.2) is 17.6 Å². The van der Waals surface area contributed by atoms with E-state index in [1.807, 2.05) is 0 Å². The summed E-state index contributed by atoms with van der Waals surface area (Å²) in [5.74, 6) is -0.839. The first-order valence-corrected chi connectivity index (χ1v) is 6.06. The van der Waals surface area contributed by atoms with E-state index >= 15 is 0 Å². The number of aliphatic carboxylic acids is 1. The van der Waals surface area contributed by atoms with Crippen LogP contribution in [-0.2, 0) is 4.79 Å². The summed E-state index contributed by atoms with van der Waals surface area (Å²) in [6.45, 7) is 2.89. The van der Waals surface area contributed by atoms with Crippen LogP contribution in [0, 0.1) is 12.8 Å². The molecule has 3 nitrogen and oxygen atoms in total. The molecule has 1 aliphatic rings. The molecule has 4 heteroatoms. The third-order valence-electron chi connectivity index (χ3n) is 2.97. The van der Waals surface area contributed by atoms with Crippen LogP contribution in [0.15, 0.2) is 11.4 Å². The number of carboxylic acid groups (broad SMARTS) is 1. The summed E-state index contributed by atoms with van der Waals surface area (Å²) in [5, 5.41) is 14.5. The number of hydrogen-bond acceptors (Lipinski definition) is 3. The maximum Gasteiger partial charge on any atom is 0.306 e. The van der Waals surface area contributed by atoms with Crippen molar-refractivity contribution in [3.05, 3.63) is 21.9 Å². The summed E-state index contributed by atoms with van der Waals surface area (Å²) in [4.78, 5) is 12.2. The highest BCUT2D eigenvalue weighted by molar-refractivity contribution is 7.10. The van der Waals surface area contributed by atoms with E-state index in [4.69, 9.17) is 5.11 Å². The van der Waals surface area contributed by atoms with E-state index in [0.717, 1.165) is 19.4 Å². The zero-order chi connectivity index (χ0) is 10.8. The van der Waals surface area contributed by atoms with Crippen LogP contribution in [0.4, 0.5) is 0 Å². The second-order valence-electron chi connectivity index (χ2n) is 4.03. The Hall–Kier alpha value is -0.870. The van der Waals surface area contributed by atoms with Gasteiger partial charge in [0.2, 0.25) is 0 Å². The van der Waals surface area contributed by atoms with Gasteiger partial charge in [0.15, 0.2) is 0 Å². The monoisotopic (exact) mass is 225 g/mol. The van der Waals surface area contributed by atoms with Gasteiger partial charge >= 0.3 is 5.97 Å². The first-order chi connectivity index (χ1) is 7.18. The number of nitrogens with one attached hydrogen (secondary N) is 1. The standard InChI is InChI=1S/C11H15NO2S/c1-7-3-5-15-10(7)9-6-8(11(13)14)2-4-12-9/h3,5,8-9,12H,2,4,6H2,1H3,(H,13,14). The fraction of sp³-hybridized carbons (Fsp3) is 0.545. The van der Waals surface area contributed by atoms with E-state index in [9.17, 15) is 4.79 Å². The molecule has 1 aliphatic heterocycles. The Morgan fingerprint density at radius 1 is 1.67 bits per heavy atom. The van der Waals surface area contributed by atoms with Gasteiger partial charge in [0.1, 0.15) is 0 Å². The van der Waals surface area contributed by atoms with Crippen molar-refractivity contribution in [3.8, 4) is 0 Å². The Morgan fingerprint density at radius 3 is 3.07 bits per heavy atom.